The minimum absolute atomic E-state index is 0.0531. The number of pyridine rings is 1. The third kappa shape index (κ3) is 3.36. The molecule has 7 heteroatoms. The highest BCUT2D eigenvalue weighted by atomic mass is 79.9. The number of nitrogens with zero attached hydrogens (tertiary/aromatic N) is 1. The van der Waals surface area contributed by atoms with Gasteiger partial charge in [0.05, 0.1) is 18.7 Å². The summed E-state index contributed by atoms with van der Waals surface area (Å²) >= 11 is 3.04. The predicted molar refractivity (Wildman–Crippen MR) is 76.0 cm³/mol. The van der Waals surface area contributed by atoms with E-state index in [0.717, 1.165) is 6.07 Å². The van der Waals surface area contributed by atoms with E-state index in [1.165, 1.54) is 25.4 Å². The van der Waals surface area contributed by atoms with E-state index >= 15 is 0 Å². The largest absolute Gasteiger partial charge is 0.495 e. The summed E-state index contributed by atoms with van der Waals surface area (Å²) in [5.41, 5.74) is 5.39. The van der Waals surface area contributed by atoms with Crippen molar-refractivity contribution in [2.75, 3.05) is 7.11 Å². The molecule has 0 saturated heterocycles. The predicted octanol–water partition coefficient (Wildman–Crippen LogP) is 3.92. The minimum Gasteiger partial charge on any atom is -0.495 e. The zero-order valence-electron chi connectivity index (χ0n) is 11.0. The van der Waals surface area contributed by atoms with Gasteiger partial charge in [0, 0.05) is 10.7 Å². The van der Waals surface area contributed by atoms with Crippen LogP contribution in [0, 0.1) is 0 Å². The molecular weight excluding hydrogens is 349 g/mol. The number of alkyl halides is 3. The molecule has 1 aromatic carbocycles. The SMILES string of the molecule is COc1cccnc1C(N)c1ccc(Br)cc1C(F)(F)F. The van der Waals surface area contributed by atoms with Crippen molar-refractivity contribution in [3.63, 3.8) is 0 Å². The summed E-state index contributed by atoms with van der Waals surface area (Å²) in [5.74, 6) is 0.348. The first-order chi connectivity index (χ1) is 9.84. The van der Waals surface area contributed by atoms with E-state index in [0.29, 0.717) is 10.2 Å². The molecule has 2 aromatic rings. The summed E-state index contributed by atoms with van der Waals surface area (Å²) in [6.45, 7) is 0. The van der Waals surface area contributed by atoms with Gasteiger partial charge in [0.25, 0.3) is 0 Å². The molecule has 0 aliphatic heterocycles. The van der Waals surface area contributed by atoms with Gasteiger partial charge in [-0.15, -0.1) is 0 Å². The summed E-state index contributed by atoms with van der Waals surface area (Å²) in [6.07, 6.45) is -3.04. The van der Waals surface area contributed by atoms with Crippen LogP contribution in [0.15, 0.2) is 41.0 Å². The Hall–Kier alpha value is -1.60. The zero-order valence-corrected chi connectivity index (χ0v) is 12.6. The summed E-state index contributed by atoms with van der Waals surface area (Å²) in [5, 5.41) is 0. The average molecular weight is 361 g/mol. The van der Waals surface area contributed by atoms with Crippen molar-refractivity contribution in [1.29, 1.82) is 0 Å². The topological polar surface area (TPSA) is 48.1 Å². The molecule has 0 bridgehead atoms. The van der Waals surface area contributed by atoms with Gasteiger partial charge in [0.15, 0.2) is 0 Å². The Labute approximate surface area is 128 Å². The first-order valence-corrected chi connectivity index (χ1v) is 6.75. The van der Waals surface area contributed by atoms with Crippen molar-refractivity contribution in [1.82, 2.24) is 4.98 Å². The first-order valence-electron chi connectivity index (χ1n) is 5.95. The standard InChI is InChI=1S/C14H12BrF3N2O/c1-21-11-3-2-6-20-13(11)12(19)9-5-4-8(15)7-10(9)14(16,17)18/h2-7,12H,19H2,1H3. The summed E-state index contributed by atoms with van der Waals surface area (Å²) in [7, 11) is 1.42. The highest BCUT2D eigenvalue weighted by Gasteiger charge is 2.35. The minimum atomic E-state index is -4.50. The second-order valence-corrected chi connectivity index (χ2v) is 5.21. The van der Waals surface area contributed by atoms with E-state index in [-0.39, 0.29) is 11.3 Å². The summed E-state index contributed by atoms with van der Waals surface area (Å²) < 4.78 is 44.9. The van der Waals surface area contributed by atoms with Crippen LogP contribution >= 0.6 is 15.9 Å². The molecule has 1 atom stereocenters. The molecular formula is C14H12BrF3N2O. The molecule has 3 nitrogen and oxygen atoms in total. The molecule has 21 heavy (non-hydrogen) atoms. The van der Waals surface area contributed by atoms with E-state index in [1.807, 2.05) is 0 Å². The van der Waals surface area contributed by atoms with Crippen LogP contribution in [0.2, 0.25) is 0 Å². The van der Waals surface area contributed by atoms with Crippen molar-refractivity contribution in [2.45, 2.75) is 12.2 Å². The second-order valence-electron chi connectivity index (χ2n) is 4.30. The van der Waals surface area contributed by atoms with E-state index in [1.54, 1.807) is 12.1 Å². The fraction of sp³-hybridized carbons (Fsp3) is 0.214. The molecule has 0 spiro atoms. The van der Waals surface area contributed by atoms with Gasteiger partial charge >= 0.3 is 6.18 Å². The quantitative estimate of drug-likeness (QED) is 0.902. The van der Waals surface area contributed by atoms with Crippen molar-refractivity contribution in [3.05, 3.63) is 57.8 Å². The fourth-order valence-electron chi connectivity index (χ4n) is 2.00. The van der Waals surface area contributed by atoms with Crippen molar-refractivity contribution in [2.24, 2.45) is 5.73 Å². The normalized spacial score (nSPS) is 13.0. The van der Waals surface area contributed by atoms with Crippen LogP contribution in [-0.4, -0.2) is 12.1 Å². The van der Waals surface area contributed by atoms with Gasteiger partial charge < -0.3 is 10.5 Å². The zero-order chi connectivity index (χ0) is 15.6. The molecule has 1 heterocycles. The number of rotatable bonds is 3. The molecule has 0 saturated carbocycles. The average Bonchev–Trinajstić information content (AvgIpc) is 2.45. The monoisotopic (exact) mass is 360 g/mol. The Kier molecular flexibility index (Phi) is 4.53. The lowest BCUT2D eigenvalue weighted by molar-refractivity contribution is -0.138. The smallest absolute Gasteiger partial charge is 0.416 e. The lowest BCUT2D eigenvalue weighted by atomic mass is 9.97. The van der Waals surface area contributed by atoms with Crippen LogP contribution in [-0.2, 0) is 6.18 Å². The molecule has 0 amide bonds. The number of methoxy groups -OCH3 is 1. The number of hydrogen-bond donors (Lipinski definition) is 1. The number of hydrogen-bond acceptors (Lipinski definition) is 3. The Morgan fingerprint density at radius 1 is 1.29 bits per heavy atom. The first kappa shape index (κ1) is 15.8. The van der Waals surface area contributed by atoms with Crippen LogP contribution in [0.4, 0.5) is 13.2 Å². The molecule has 2 rings (SSSR count). The van der Waals surface area contributed by atoms with Crippen LogP contribution in [0.3, 0.4) is 0 Å². The maximum absolute atomic E-state index is 13.2. The third-order valence-electron chi connectivity index (χ3n) is 2.97. The van der Waals surface area contributed by atoms with Crippen LogP contribution < -0.4 is 10.5 Å². The van der Waals surface area contributed by atoms with E-state index in [9.17, 15) is 13.2 Å². The Bertz CT molecular complexity index is 646. The number of halogens is 4. The van der Waals surface area contributed by atoms with Crippen LogP contribution in [0.5, 0.6) is 5.75 Å². The summed E-state index contributed by atoms with van der Waals surface area (Å²) in [4.78, 5) is 4.04. The molecule has 0 fully saturated rings. The van der Waals surface area contributed by atoms with Gasteiger partial charge in [0.1, 0.15) is 11.4 Å². The highest BCUT2D eigenvalue weighted by molar-refractivity contribution is 9.10. The highest BCUT2D eigenvalue weighted by Crippen LogP contribution is 2.38. The lowest BCUT2D eigenvalue weighted by Crippen LogP contribution is -2.20. The molecule has 112 valence electrons. The molecule has 1 aromatic heterocycles. The van der Waals surface area contributed by atoms with E-state index in [4.69, 9.17) is 10.5 Å². The molecule has 2 N–H and O–H groups in total. The Balaban J connectivity index is 2.56. The number of aromatic nitrogens is 1. The number of nitrogens with two attached hydrogens (primary N) is 1. The molecule has 0 aliphatic rings. The maximum Gasteiger partial charge on any atom is 0.416 e. The Morgan fingerprint density at radius 2 is 2.00 bits per heavy atom. The summed E-state index contributed by atoms with van der Waals surface area (Å²) in [6, 6.07) is 6.05. The molecule has 0 aliphatic carbocycles. The van der Waals surface area contributed by atoms with Gasteiger partial charge in [-0.1, -0.05) is 22.0 Å². The van der Waals surface area contributed by atoms with E-state index < -0.39 is 17.8 Å². The van der Waals surface area contributed by atoms with Crippen LogP contribution in [0.25, 0.3) is 0 Å². The van der Waals surface area contributed by atoms with E-state index in [2.05, 4.69) is 20.9 Å². The maximum atomic E-state index is 13.2. The fourth-order valence-corrected chi connectivity index (χ4v) is 2.36. The molecule has 0 radical (unpaired) electrons. The lowest BCUT2D eigenvalue weighted by Gasteiger charge is -2.19. The number of benzene rings is 1. The van der Waals surface area contributed by atoms with Crippen molar-refractivity contribution < 1.29 is 17.9 Å². The van der Waals surface area contributed by atoms with Crippen molar-refractivity contribution >= 4 is 15.9 Å². The van der Waals surface area contributed by atoms with Crippen LogP contribution in [0.1, 0.15) is 22.9 Å². The third-order valence-corrected chi connectivity index (χ3v) is 3.46. The Morgan fingerprint density at radius 3 is 2.62 bits per heavy atom. The van der Waals surface area contributed by atoms with Gasteiger partial charge in [-0.05, 0) is 29.8 Å². The van der Waals surface area contributed by atoms with Gasteiger partial charge in [-0.3, -0.25) is 4.98 Å². The van der Waals surface area contributed by atoms with Gasteiger partial charge in [0.2, 0.25) is 0 Å². The van der Waals surface area contributed by atoms with Crippen molar-refractivity contribution in [3.8, 4) is 5.75 Å². The molecule has 1 unspecified atom stereocenters. The van der Waals surface area contributed by atoms with Gasteiger partial charge in [-0.2, -0.15) is 13.2 Å². The number of ether oxygens (including phenoxy) is 1. The second kappa shape index (κ2) is 6.03. The van der Waals surface area contributed by atoms with Gasteiger partial charge in [-0.25, -0.2) is 0 Å².